The maximum atomic E-state index is 11.7. The molecule has 0 radical (unpaired) electrons. The molecule has 1 aromatic carbocycles. The second kappa shape index (κ2) is 7.66. The Kier molecular flexibility index (Phi) is 6.08. The first-order valence-electron chi connectivity index (χ1n) is 6.15. The molecular formula is C15H20O2. The van der Waals surface area contributed by atoms with Gasteiger partial charge in [0.2, 0.25) is 0 Å². The van der Waals surface area contributed by atoms with Crippen molar-refractivity contribution in [3.8, 4) is 0 Å². The molecule has 1 unspecified atom stereocenters. The van der Waals surface area contributed by atoms with Gasteiger partial charge in [-0.25, -0.2) is 4.79 Å². The van der Waals surface area contributed by atoms with Crippen molar-refractivity contribution < 1.29 is 9.53 Å². The molecule has 1 rings (SSSR count). The molecule has 1 aromatic rings. The third-order valence-electron chi connectivity index (χ3n) is 2.46. The predicted molar refractivity (Wildman–Crippen MR) is 70.0 cm³/mol. The Morgan fingerprint density at radius 1 is 1.29 bits per heavy atom. The Bertz CT molecular complexity index is 354. The normalized spacial score (nSPS) is 12.6. The van der Waals surface area contributed by atoms with Crippen molar-refractivity contribution in [2.45, 2.75) is 39.2 Å². The number of benzene rings is 1. The van der Waals surface area contributed by atoms with Gasteiger partial charge in [0.15, 0.2) is 0 Å². The first-order chi connectivity index (χ1) is 8.24. The van der Waals surface area contributed by atoms with Crippen LogP contribution in [-0.4, -0.2) is 12.1 Å². The first-order valence-corrected chi connectivity index (χ1v) is 6.15. The second-order valence-corrected chi connectivity index (χ2v) is 4.04. The molecule has 0 aliphatic rings. The van der Waals surface area contributed by atoms with E-state index in [1.54, 1.807) is 12.1 Å². The molecule has 0 aromatic heterocycles. The zero-order chi connectivity index (χ0) is 12.5. The largest absolute Gasteiger partial charge is 0.459 e. The standard InChI is InChI=1S/C15H20O2/c1-3-4-5-7-10-13(2)17-15(16)14-11-8-6-9-12-14/h4-6,8-9,11-13H,3,7,10H2,1-2H3. The van der Waals surface area contributed by atoms with Crippen molar-refractivity contribution in [3.05, 3.63) is 48.0 Å². The van der Waals surface area contributed by atoms with E-state index in [9.17, 15) is 4.79 Å². The molecular weight excluding hydrogens is 212 g/mol. The summed E-state index contributed by atoms with van der Waals surface area (Å²) in [4.78, 5) is 11.7. The van der Waals surface area contributed by atoms with Gasteiger partial charge in [0, 0.05) is 0 Å². The minimum Gasteiger partial charge on any atom is -0.459 e. The van der Waals surface area contributed by atoms with E-state index in [-0.39, 0.29) is 12.1 Å². The number of carbonyl (C=O) groups is 1. The molecule has 2 nitrogen and oxygen atoms in total. The summed E-state index contributed by atoms with van der Waals surface area (Å²) in [5.74, 6) is -0.238. The van der Waals surface area contributed by atoms with Crippen LogP contribution in [0.1, 0.15) is 43.5 Å². The fourth-order valence-corrected chi connectivity index (χ4v) is 1.50. The number of rotatable bonds is 6. The predicted octanol–water partition coefficient (Wildman–Crippen LogP) is 3.98. The average molecular weight is 232 g/mol. The van der Waals surface area contributed by atoms with Crippen molar-refractivity contribution in [1.82, 2.24) is 0 Å². The summed E-state index contributed by atoms with van der Waals surface area (Å²) in [6, 6.07) is 9.10. The molecule has 0 aliphatic heterocycles. The Hall–Kier alpha value is -1.57. The van der Waals surface area contributed by atoms with Crippen LogP contribution in [0.2, 0.25) is 0 Å². The van der Waals surface area contributed by atoms with Crippen LogP contribution >= 0.6 is 0 Å². The minimum atomic E-state index is -0.238. The molecule has 2 heteroatoms. The fraction of sp³-hybridized carbons (Fsp3) is 0.400. The number of esters is 1. The Morgan fingerprint density at radius 2 is 2.00 bits per heavy atom. The molecule has 92 valence electrons. The summed E-state index contributed by atoms with van der Waals surface area (Å²) in [5, 5.41) is 0. The summed E-state index contributed by atoms with van der Waals surface area (Å²) >= 11 is 0. The van der Waals surface area contributed by atoms with Gasteiger partial charge in [0.25, 0.3) is 0 Å². The molecule has 1 atom stereocenters. The summed E-state index contributed by atoms with van der Waals surface area (Å²) < 4.78 is 5.34. The highest BCUT2D eigenvalue weighted by molar-refractivity contribution is 5.89. The lowest BCUT2D eigenvalue weighted by Gasteiger charge is -2.12. The maximum Gasteiger partial charge on any atom is 0.338 e. The topological polar surface area (TPSA) is 26.3 Å². The highest BCUT2D eigenvalue weighted by Gasteiger charge is 2.10. The van der Waals surface area contributed by atoms with E-state index in [2.05, 4.69) is 19.1 Å². The first kappa shape index (κ1) is 13.5. The Morgan fingerprint density at radius 3 is 2.65 bits per heavy atom. The minimum absolute atomic E-state index is 0.0378. The molecule has 0 spiro atoms. The van der Waals surface area contributed by atoms with Gasteiger partial charge in [-0.05, 0) is 38.3 Å². The van der Waals surface area contributed by atoms with E-state index >= 15 is 0 Å². The molecule has 0 N–H and O–H groups in total. The van der Waals surface area contributed by atoms with Gasteiger partial charge in [-0.3, -0.25) is 0 Å². The molecule has 0 heterocycles. The SMILES string of the molecule is CCC=CCCC(C)OC(=O)c1ccccc1. The average Bonchev–Trinajstić information content (AvgIpc) is 2.36. The quantitative estimate of drug-likeness (QED) is 0.548. The van der Waals surface area contributed by atoms with E-state index < -0.39 is 0 Å². The van der Waals surface area contributed by atoms with Crippen LogP contribution in [0.25, 0.3) is 0 Å². The van der Waals surface area contributed by atoms with E-state index in [1.165, 1.54) is 0 Å². The van der Waals surface area contributed by atoms with E-state index in [1.807, 2.05) is 25.1 Å². The lowest BCUT2D eigenvalue weighted by atomic mass is 10.2. The van der Waals surface area contributed by atoms with Gasteiger partial charge < -0.3 is 4.74 Å². The van der Waals surface area contributed by atoms with E-state index in [0.29, 0.717) is 5.56 Å². The van der Waals surface area contributed by atoms with Crippen molar-refractivity contribution in [2.75, 3.05) is 0 Å². The van der Waals surface area contributed by atoms with Crippen molar-refractivity contribution in [2.24, 2.45) is 0 Å². The smallest absolute Gasteiger partial charge is 0.338 e. The summed E-state index contributed by atoms with van der Waals surface area (Å²) in [6.45, 7) is 4.04. The zero-order valence-corrected chi connectivity index (χ0v) is 10.6. The van der Waals surface area contributed by atoms with Crippen molar-refractivity contribution in [1.29, 1.82) is 0 Å². The molecule has 0 bridgehead atoms. The zero-order valence-electron chi connectivity index (χ0n) is 10.6. The van der Waals surface area contributed by atoms with Crippen LogP contribution in [0.4, 0.5) is 0 Å². The van der Waals surface area contributed by atoms with Crippen molar-refractivity contribution in [3.63, 3.8) is 0 Å². The van der Waals surface area contributed by atoms with Gasteiger partial charge >= 0.3 is 5.97 Å². The monoisotopic (exact) mass is 232 g/mol. The number of hydrogen-bond donors (Lipinski definition) is 0. The van der Waals surface area contributed by atoms with E-state index in [0.717, 1.165) is 19.3 Å². The highest BCUT2D eigenvalue weighted by atomic mass is 16.5. The van der Waals surface area contributed by atoms with Crippen LogP contribution in [-0.2, 0) is 4.74 Å². The number of allylic oxidation sites excluding steroid dienone is 2. The van der Waals surface area contributed by atoms with Gasteiger partial charge in [0.05, 0.1) is 11.7 Å². The van der Waals surface area contributed by atoms with Gasteiger partial charge in [-0.1, -0.05) is 37.3 Å². The van der Waals surface area contributed by atoms with Crippen LogP contribution in [0.5, 0.6) is 0 Å². The number of carbonyl (C=O) groups excluding carboxylic acids is 1. The third-order valence-corrected chi connectivity index (χ3v) is 2.46. The van der Waals surface area contributed by atoms with Crippen LogP contribution in [0.3, 0.4) is 0 Å². The summed E-state index contributed by atoms with van der Waals surface area (Å²) in [5.41, 5.74) is 0.614. The Balaban J connectivity index is 2.34. The molecule has 0 aliphatic carbocycles. The van der Waals surface area contributed by atoms with Crippen LogP contribution in [0.15, 0.2) is 42.5 Å². The third kappa shape index (κ3) is 5.34. The molecule has 0 saturated carbocycles. The summed E-state index contributed by atoms with van der Waals surface area (Å²) in [7, 11) is 0. The maximum absolute atomic E-state index is 11.7. The molecule has 0 saturated heterocycles. The van der Waals surface area contributed by atoms with Crippen LogP contribution in [0, 0.1) is 0 Å². The van der Waals surface area contributed by atoms with Gasteiger partial charge in [-0.15, -0.1) is 0 Å². The number of ether oxygens (including phenoxy) is 1. The fourth-order valence-electron chi connectivity index (χ4n) is 1.50. The number of hydrogen-bond acceptors (Lipinski definition) is 2. The molecule has 17 heavy (non-hydrogen) atoms. The molecule has 0 amide bonds. The molecule has 0 fully saturated rings. The van der Waals surface area contributed by atoms with Crippen LogP contribution < -0.4 is 0 Å². The van der Waals surface area contributed by atoms with E-state index in [4.69, 9.17) is 4.74 Å². The highest BCUT2D eigenvalue weighted by Crippen LogP contribution is 2.08. The lowest BCUT2D eigenvalue weighted by Crippen LogP contribution is -2.14. The Labute approximate surface area is 103 Å². The summed E-state index contributed by atoms with van der Waals surface area (Å²) in [6.07, 6.45) is 7.10. The lowest BCUT2D eigenvalue weighted by molar-refractivity contribution is 0.0327. The van der Waals surface area contributed by atoms with Gasteiger partial charge in [0.1, 0.15) is 0 Å². The second-order valence-electron chi connectivity index (χ2n) is 4.04. The van der Waals surface area contributed by atoms with Gasteiger partial charge in [-0.2, -0.15) is 0 Å². The van der Waals surface area contributed by atoms with Crippen molar-refractivity contribution >= 4 is 5.97 Å².